The second-order valence-electron chi connectivity index (χ2n) is 5.96. The summed E-state index contributed by atoms with van der Waals surface area (Å²) in [5, 5.41) is 9.66. The van der Waals surface area contributed by atoms with Gasteiger partial charge in [0.15, 0.2) is 11.5 Å². The van der Waals surface area contributed by atoms with Crippen LogP contribution < -0.4 is 25.7 Å². The van der Waals surface area contributed by atoms with Gasteiger partial charge in [0.25, 0.3) is 0 Å². The van der Waals surface area contributed by atoms with Crippen LogP contribution in [0.25, 0.3) is 0 Å². The number of anilines is 1. The molecule has 4 N–H and O–H groups in total. The number of allylic oxidation sites excluding steroid dienone is 1. The Morgan fingerprint density at radius 1 is 1.19 bits per heavy atom. The Labute approximate surface area is 158 Å². The monoisotopic (exact) mass is 363 g/mol. The number of nitrogens with two attached hydrogens (primary N) is 2. The van der Waals surface area contributed by atoms with Crippen molar-refractivity contribution in [2.45, 2.75) is 12.8 Å². The number of nitriles is 1. The van der Waals surface area contributed by atoms with E-state index in [4.69, 9.17) is 25.7 Å². The molecule has 2 aromatic carbocycles. The number of hydrogen-bond acceptors (Lipinski definition) is 6. The van der Waals surface area contributed by atoms with Crippen LogP contribution in [-0.4, -0.2) is 13.2 Å². The van der Waals surface area contributed by atoms with Gasteiger partial charge in [0.1, 0.15) is 24.0 Å². The third-order valence-electron chi connectivity index (χ3n) is 4.20. The predicted octanol–water partition coefficient (Wildman–Crippen LogP) is 3.45. The Morgan fingerprint density at radius 3 is 2.70 bits per heavy atom. The highest BCUT2D eigenvalue weighted by Crippen LogP contribution is 2.44. The van der Waals surface area contributed by atoms with Gasteiger partial charge in [-0.15, -0.1) is 0 Å². The number of ether oxygens (including phenoxy) is 3. The molecule has 138 valence electrons. The van der Waals surface area contributed by atoms with Crippen LogP contribution >= 0.6 is 0 Å². The van der Waals surface area contributed by atoms with E-state index in [1.54, 1.807) is 18.2 Å². The molecular formula is C21H21N3O3. The molecule has 0 amide bonds. The maximum absolute atomic E-state index is 9.66. The molecule has 1 heterocycles. The number of rotatable bonds is 6. The van der Waals surface area contributed by atoms with Crippen molar-refractivity contribution in [1.82, 2.24) is 0 Å². The van der Waals surface area contributed by atoms with E-state index in [0.29, 0.717) is 41.7 Å². The SMILES string of the molecule is C=CCOc1ccc([C@H]2C(C#N)=C(N)Oc3cc(N)ccc32)cc1OCC. The van der Waals surface area contributed by atoms with Crippen LogP contribution in [0.2, 0.25) is 0 Å². The average molecular weight is 363 g/mol. The van der Waals surface area contributed by atoms with E-state index < -0.39 is 0 Å². The first-order chi connectivity index (χ1) is 13.1. The number of benzene rings is 2. The van der Waals surface area contributed by atoms with Gasteiger partial charge in [-0.05, 0) is 30.7 Å². The molecule has 2 aromatic rings. The van der Waals surface area contributed by atoms with Gasteiger partial charge in [-0.25, -0.2) is 0 Å². The van der Waals surface area contributed by atoms with E-state index in [-0.39, 0.29) is 11.8 Å². The van der Waals surface area contributed by atoms with Crippen LogP contribution in [0.5, 0.6) is 17.2 Å². The van der Waals surface area contributed by atoms with Crippen molar-refractivity contribution in [2.24, 2.45) is 5.73 Å². The summed E-state index contributed by atoms with van der Waals surface area (Å²) in [4.78, 5) is 0. The number of nitrogen functional groups attached to an aromatic ring is 1. The third-order valence-corrected chi connectivity index (χ3v) is 4.20. The van der Waals surface area contributed by atoms with Gasteiger partial charge >= 0.3 is 0 Å². The lowest BCUT2D eigenvalue weighted by Gasteiger charge is -2.27. The first-order valence-corrected chi connectivity index (χ1v) is 8.56. The van der Waals surface area contributed by atoms with Crippen molar-refractivity contribution in [3.8, 4) is 23.3 Å². The molecule has 0 radical (unpaired) electrons. The van der Waals surface area contributed by atoms with Gasteiger partial charge in [-0.1, -0.05) is 24.8 Å². The van der Waals surface area contributed by atoms with E-state index in [9.17, 15) is 5.26 Å². The summed E-state index contributed by atoms with van der Waals surface area (Å²) in [6.07, 6.45) is 1.67. The van der Waals surface area contributed by atoms with Crippen LogP contribution in [0.1, 0.15) is 24.0 Å². The summed E-state index contributed by atoms with van der Waals surface area (Å²) in [5.74, 6) is 1.44. The van der Waals surface area contributed by atoms with Gasteiger partial charge in [0.05, 0.1) is 12.5 Å². The van der Waals surface area contributed by atoms with Gasteiger partial charge in [0.2, 0.25) is 5.88 Å². The molecule has 0 fully saturated rings. The zero-order valence-corrected chi connectivity index (χ0v) is 15.1. The van der Waals surface area contributed by atoms with Crippen molar-refractivity contribution in [2.75, 3.05) is 18.9 Å². The first kappa shape index (κ1) is 18.2. The third kappa shape index (κ3) is 3.53. The molecule has 6 nitrogen and oxygen atoms in total. The molecular weight excluding hydrogens is 342 g/mol. The minimum atomic E-state index is -0.382. The lowest BCUT2D eigenvalue weighted by atomic mass is 9.83. The quantitative estimate of drug-likeness (QED) is 0.602. The molecule has 27 heavy (non-hydrogen) atoms. The van der Waals surface area contributed by atoms with Crippen LogP contribution in [0.4, 0.5) is 5.69 Å². The highest BCUT2D eigenvalue weighted by Gasteiger charge is 2.31. The van der Waals surface area contributed by atoms with E-state index in [1.807, 2.05) is 31.2 Å². The largest absolute Gasteiger partial charge is 0.490 e. The molecule has 1 aliphatic rings. The summed E-state index contributed by atoms with van der Waals surface area (Å²) in [6, 6.07) is 13.1. The molecule has 3 rings (SSSR count). The summed E-state index contributed by atoms with van der Waals surface area (Å²) in [5.41, 5.74) is 14.4. The second kappa shape index (κ2) is 7.75. The first-order valence-electron chi connectivity index (χ1n) is 8.56. The molecule has 0 bridgehead atoms. The van der Waals surface area contributed by atoms with Gasteiger partial charge in [0, 0.05) is 17.3 Å². The molecule has 1 atom stereocenters. The minimum absolute atomic E-state index is 0.0746. The minimum Gasteiger partial charge on any atom is -0.490 e. The van der Waals surface area contributed by atoms with Crippen LogP contribution in [0.3, 0.4) is 0 Å². The Morgan fingerprint density at radius 2 is 2.00 bits per heavy atom. The normalized spacial score (nSPS) is 15.3. The van der Waals surface area contributed by atoms with Crippen LogP contribution in [0, 0.1) is 11.3 Å². The van der Waals surface area contributed by atoms with Crippen molar-refractivity contribution < 1.29 is 14.2 Å². The van der Waals surface area contributed by atoms with Gasteiger partial charge < -0.3 is 25.7 Å². The number of nitrogens with zero attached hydrogens (tertiary/aromatic N) is 1. The molecule has 0 saturated carbocycles. The van der Waals surface area contributed by atoms with E-state index in [1.165, 1.54) is 0 Å². The fraction of sp³-hybridized carbons (Fsp3) is 0.190. The van der Waals surface area contributed by atoms with Gasteiger partial charge in [-0.2, -0.15) is 5.26 Å². The highest BCUT2D eigenvalue weighted by atomic mass is 16.5. The fourth-order valence-electron chi connectivity index (χ4n) is 3.06. The zero-order valence-electron chi connectivity index (χ0n) is 15.1. The average Bonchev–Trinajstić information content (AvgIpc) is 2.66. The summed E-state index contributed by atoms with van der Waals surface area (Å²) in [7, 11) is 0. The van der Waals surface area contributed by atoms with E-state index in [2.05, 4.69) is 12.6 Å². The molecule has 6 heteroatoms. The predicted molar refractivity (Wildman–Crippen MR) is 103 cm³/mol. The Bertz CT molecular complexity index is 944. The maximum atomic E-state index is 9.66. The molecule has 0 aromatic heterocycles. The number of fused-ring (bicyclic) bond motifs is 1. The maximum Gasteiger partial charge on any atom is 0.205 e. The molecule has 0 unspecified atom stereocenters. The van der Waals surface area contributed by atoms with Crippen LogP contribution in [-0.2, 0) is 0 Å². The molecule has 0 spiro atoms. The topological polar surface area (TPSA) is 104 Å². The Kier molecular flexibility index (Phi) is 5.23. The lowest BCUT2D eigenvalue weighted by molar-refractivity contribution is 0.296. The van der Waals surface area contributed by atoms with E-state index in [0.717, 1.165) is 11.1 Å². The van der Waals surface area contributed by atoms with E-state index >= 15 is 0 Å². The zero-order chi connectivity index (χ0) is 19.4. The lowest BCUT2D eigenvalue weighted by Crippen LogP contribution is -2.21. The second-order valence-corrected chi connectivity index (χ2v) is 5.96. The number of hydrogen-bond donors (Lipinski definition) is 2. The van der Waals surface area contributed by atoms with Crippen LogP contribution in [0.15, 0.2) is 60.5 Å². The fourth-order valence-corrected chi connectivity index (χ4v) is 3.06. The molecule has 0 saturated heterocycles. The summed E-state index contributed by atoms with van der Waals surface area (Å²) >= 11 is 0. The van der Waals surface area contributed by atoms with Crippen molar-refractivity contribution in [3.05, 3.63) is 71.6 Å². The molecule has 0 aliphatic carbocycles. The summed E-state index contributed by atoms with van der Waals surface area (Å²) < 4.78 is 17.0. The van der Waals surface area contributed by atoms with Crippen molar-refractivity contribution in [3.63, 3.8) is 0 Å². The highest BCUT2D eigenvalue weighted by molar-refractivity contribution is 5.60. The molecule has 1 aliphatic heterocycles. The Balaban J connectivity index is 2.12. The summed E-state index contributed by atoms with van der Waals surface area (Å²) in [6.45, 7) is 6.41. The smallest absolute Gasteiger partial charge is 0.205 e. The van der Waals surface area contributed by atoms with Crippen molar-refractivity contribution >= 4 is 5.69 Å². The Hall–Kier alpha value is -3.59. The standard InChI is InChI=1S/C21H21N3O3/c1-3-9-26-17-8-5-13(10-19(17)25-4-2)20-15-7-6-14(23)11-18(15)27-21(24)16(20)12-22/h3,5-8,10-11,20H,1,4,9,23-24H2,2H3/t20-/m1/s1. The van der Waals surface area contributed by atoms with Crippen molar-refractivity contribution in [1.29, 1.82) is 5.26 Å². The van der Waals surface area contributed by atoms with Gasteiger partial charge in [-0.3, -0.25) is 0 Å².